The summed E-state index contributed by atoms with van der Waals surface area (Å²) in [6, 6.07) is 2.03. The first-order valence-electron chi connectivity index (χ1n) is 3.63. The molecule has 0 saturated carbocycles. The maximum Gasteiger partial charge on any atom is 0.303 e. The summed E-state index contributed by atoms with van der Waals surface area (Å²) in [4.78, 5) is 10.2. The lowest BCUT2D eigenvalue weighted by Gasteiger charge is -1.93. The minimum Gasteiger partial charge on any atom is -0.481 e. The first-order valence-corrected chi connectivity index (χ1v) is 5.30. The molecule has 0 amide bonds. The van der Waals surface area contributed by atoms with E-state index < -0.39 is 5.97 Å². The van der Waals surface area contributed by atoms with E-state index in [2.05, 4.69) is 15.9 Å². The van der Waals surface area contributed by atoms with Crippen LogP contribution in [0, 0.1) is 0 Å². The number of thiophene rings is 1. The molecule has 0 saturated heterocycles. The minimum atomic E-state index is -0.718. The van der Waals surface area contributed by atoms with E-state index in [1.165, 1.54) is 5.56 Å². The molecule has 0 aliphatic carbocycles. The first-order chi connectivity index (χ1) is 5.68. The van der Waals surface area contributed by atoms with Gasteiger partial charge in [-0.3, -0.25) is 4.79 Å². The Bertz CT molecular complexity index is 270. The summed E-state index contributed by atoms with van der Waals surface area (Å²) < 4.78 is 1.10. The molecule has 0 spiro atoms. The van der Waals surface area contributed by atoms with Crippen molar-refractivity contribution in [2.75, 3.05) is 0 Å². The van der Waals surface area contributed by atoms with Gasteiger partial charge in [0.15, 0.2) is 0 Å². The molecule has 0 aromatic carbocycles. The van der Waals surface area contributed by atoms with Gasteiger partial charge in [-0.05, 0) is 45.8 Å². The maximum atomic E-state index is 10.2. The summed E-state index contributed by atoms with van der Waals surface area (Å²) in [6.45, 7) is 0. The van der Waals surface area contributed by atoms with Crippen molar-refractivity contribution in [1.29, 1.82) is 0 Å². The average Bonchev–Trinajstić information content (AvgIpc) is 2.35. The third kappa shape index (κ3) is 3.36. The molecule has 1 aromatic heterocycles. The molecule has 1 N–H and O–H groups in total. The second-order valence-electron chi connectivity index (χ2n) is 2.51. The zero-order valence-electron chi connectivity index (χ0n) is 6.42. The van der Waals surface area contributed by atoms with Crippen molar-refractivity contribution in [3.8, 4) is 0 Å². The Morgan fingerprint density at radius 3 is 2.92 bits per heavy atom. The van der Waals surface area contributed by atoms with E-state index in [1.807, 2.05) is 11.4 Å². The van der Waals surface area contributed by atoms with Crippen molar-refractivity contribution in [2.45, 2.75) is 19.3 Å². The third-order valence-electron chi connectivity index (χ3n) is 1.48. The van der Waals surface area contributed by atoms with Crippen LogP contribution in [0.3, 0.4) is 0 Å². The normalized spacial score (nSPS) is 10.1. The lowest BCUT2D eigenvalue weighted by atomic mass is 10.1. The average molecular weight is 249 g/mol. The van der Waals surface area contributed by atoms with Crippen molar-refractivity contribution in [3.63, 3.8) is 0 Å². The Labute approximate surface area is 83.4 Å². The van der Waals surface area contributed by atoms with Gasteiger partial charge in [0, 0.05) is 6.42 Å². The van der Waals surface area contributed by atoms with E-state index >= 15 is 0 Å². The molecule has 0 aliphatic rings. The highest BCUT2D eigenvalue weighted by atomic mass is 79.9. The monoisotopic (exact) mass is 248 g/mol. The fraction of sp³-hybridized carbons (Fsp3) is 0.375. The molecule has 1 heterocycles. The van der Waals surface area contributed by atoms with E-state index in [9.17, 15) is 4.79 Å². The largest absolute Gasteiger partial charge is 0.481 e. The van der Waals surface area contributed by atoms with Crippen LogP contribution in [-0.4, -0.2) is 11.1 Å². The molecule has 0 bridgehead atoms. The highest BCUT2D eigenvalue weighted by molar-refractivity contribution is 9.11. The summed E-state index contributed by atoms with van der Waals surface area (Å²) in [7, 11) is 0. The van der Waals surface area contributed by atoms with E-state index in [1.54, 1.807) is 11.3 Å². The van der Waals surface area contributed by atoms with Crippen LogP contribution in [0.25, 0.3) is 0 Å². The van der Waals surface area contributed by atoms with Gasteiger partial charge in [-0.2, -0.15) is 0 Å². The third-order valence-corrected chi connectivity index (χ3v) is 3.03. The Morgan fingerprint density at radius 2 is 2.42 bits per heavy atom. The maximum absolute atomic E-state index is 10.2. The molecule has 0 atom stereocenters. The smallest absolute Gasteiger partial charge is 0.303 e. The van der Waals surface area contributed by atoms with Crippen LogP contribution in [0.4, 0.5) is 0 Å². The fourth-order valence-corrected chi connectivity index (χ4v) is 2.16. The van der Waals surface area contributed by atoms with Gasteiger partial charge in [0.1, 0.15) is 0 Å². The van der Waals surface area contributed by atoms with Crippen molar-refractivity contribution < 1.29 is 9.90 Å². The second kappa shape index (κ2) is 4.62. The van der Waals surface area contributed by atoms with Crippen LogP contribution in [-0.2, 0) is 11.2 Å². The van der Waals surface area contributed by atoms with Crippen molar-refractivity contribution >= 4 is 33.2 Å². The lowest BCUT2D eigenvalue weighted by molar-refractivity contribution is -0.137. The van der Waals surface area contributed by atoms with Crippen molar-refractivity contribution in [3.05, 3.63) is 20.8 Å². The minimum absolute atomic E-state index is 0.257. The zero-order chi connectivity index (χ0) is 8.97. The highest BCUT2D eigenvalue weighted by Crippen LogP contribution is 2.21. The van der Waals surface area contributed by atoms with Crippen molar-refractivity contribution in [1.82, 2.24) is 0 Å². The first kappa shape index (κ1) is 9.74. The fourth-order valence-electron chi connectivity index (χ4n) is 0.921. The van der Waals surface area contributed by atoms with Crippen LogP contribution < -0.4 is 0 Å². The van der Waals surface area contributed by atoms with Gasteiger partial charge in [0.25, 0.3) is 0 Å². The standard InChI is InChI=1S/C8H9BrO2S/c9-7-4-6(5-12-7)2-1-3-8(10)11/h4-5H,1-3H2,(H,10,11). The van der Waals surface area contributed by atoms with E-state index in [0.717, 1.165) is 16.6 Å². The second-order valence-corrected chi connectivity index (χ2v) is 4.80. The molecular weight excluding hydrogens is 240 g/mol. The van der Waals surface area contributed by atoms with E-state index in [0.29, 0.717) is 0 Å². The molecule has 2 nitrogen and oxygen atoms in total. The number of aryl methyl sites for hydroxylation is 1. The van der Waals surface area contributed by atoms with Crippen LogP contribution in [0.5, 0.6) is 0 Å². The molecule has 1 rings (SSSR count). The van der Waals surface area contributed by atoms with Gasteiger partial charge in [-0.25, -0.2) is 0 Å². The molecule has 0 radical (unpaired) electrons. The Hall–Kier alpha value is -0.350. The Balaban J connectivity index is 2.29. The highest BCUT2D eigenvalue weighted by Gasteiger charge is 1.99. The van der Waals surface area contributed by atoms with Gasteiger partial charge < -0.3 is 5.11 Å². The van der Waals surface area contributed by atoms with Gasteiger partial charge in [0.05, 0.1) is 3.79 Å². The van der Waals surface area contributed by atoms with Crippen LogP contribution >= 0.6 is 27.3 Å². The summed E-state index contributed by atoms with van der Waals surface area (Å²) in [5, 5.41) is 10.4. The van der Waals surface area contributed by atoms with E-state index in [-0.39, 0.29) is 6.42 Å². The number of carboxylic acids is 1. The molecule has 0 fully saturated rings. The summed E-state index contributed by atoms with van der Waals surface area (Å²) >= 11 is 4.99. The zero-order valence-corrected chi connectivity index (χ0v) is 8.82. The van der Waals surface area contributed by atoms with Gasteiger partial charge in [-0.15, -0.1) is 11.3 Å². The molecular formula is C8H9BrO2S. The molecule has 12 heavy (non-hydrogen) atoms. The predicted molar refractivity (Wildman–Crippen MR) is 52.6 cm³/mol. The predicted octanol–water partition coefficient (Wildman–Crippen LogP) is 2.92. The number of rotatable bonds is 4. The number of hydrogen-bond donors (Lipinski definition) is 1. The summed E-state index contributed by atoms with van der Waals surface area (Å²) in [5.41, 5.74) is 1.22. The number of carboxylic acid groups (broad SMARTS) is 1. The molecule has 0 unspecified atom stereocenters. The van der Waals surface area contributed by atoms with Crippen LogP contribution in [0.1, 0.15) is 18.4 Å². The van der Waals surface area contributed by atoms with Crippen LogP contribution in [0.15, 0.2) is 15.2 Å². The quantitative estimate of drug-likeness (QED) is 0.890. The Morgan fingerprint density at radius 1 is 1.67 bits per heavy atom. The Kier molecular flexibility index (Phi) is 3.75. The molecule has 1 aromatic rings. The van der Waals surface area contributed by atoms with Gasteiger partial charge >= 0.3 is 5.97 Å². The van der Waals surface area contributed by atoms with Gasteiger partial charge in [-0.1, -0.05) is 0 Å². The van der Waals surface area contributed by atoms with Crippen molar-refractivity contribution in [2.24, 2.45) is 0 Å². The number of aliphatic carboxylic acids is 1. The number of hydrogen-bond acceptors (Lipinski definition) is 2. The van der Waals surface area contributed by atoms with Crippen LogP contribution in [0.2, 0.25) is 0 Å². The summed E-state index contributed by atoms with van der Waals surface area (Å²) in [6.07, 6.45) is 1.83. The lowest BCUT2D eigenvalue weighted by Crippen LogP contribution is -1.94. The topological polar surface area (TPSA) is 37.3 Å². The number of carbonyl (C=O) groups is 1. The SMILES string of the molecule is O=C(O)CCCc1csc(Br)c1. The van der Waals surface area contributed by atoms with E-state index in [4.69, 9.17) is 5.11 Å². The number of halogens is 1. The summed E-state index contributed by atoms with van der Waals surface area (Å²) in [5.74, 6) is -0.718. The molecule has 66 valence electrons. The molecule has 0 aliphatic heterocycles. The molecule has 4 heteroatoms. The van der Waals surface area contributed by atoms with Gasteiger partial charge in [0.2, 0.25) is 0 Å².